The normalized spacial score (nSPS) is 15.0. The van der Waals surface area contributed by atoms with Crippen LogP contribution in [-0.4, -0.2) is 24.3 Å². The summed E-state index contributed by atoms with van der Waals surface area (Å²) < 4.78 is 0. The standard InChI is InChI=1S/C11H15Cl2NO/c1-11(15,7-14-2)6-8-3-4-9(12)10(13)5-8/h3-5,14-15H,6-7H2,1-2H3. The molecule has 1 unspecified atom stereocenters. The first kappa shape index (κ1) is 12.8. The van der Waals surface area contributed by atoms with E-state index >= 15 is 0 Å². The third-order valence-corrected chi connectivity index (χ3v) is 2.87. The Morgan fingerprint density at radius 2 is 2.00 bits per heavy atom. The molecule has 0 radical (unpaired) electrons. The molecular weight excluding hydrogens is 233 g/mol. The Hall–Kier alpha value is -0.280. The third kappa shape index (κ3) is 3.99. The van der Waals surface area contributed by atoms with Crippen LogP contribution in [0.25, 0.3) is 0 Å². The lowest BCUT2D eigenvalue weighted by Crippen LogP contribution is -2.38. The SMILES string of the molecule is CNCC(C)(O)Cc1ccc(Cl)c(Cl)c1. The Morgan fingerprint density at radius 1 is 1.33 bits per heavy atom. The summed E-state index contributed by atoms with van der Waals surface area (Å²) in [7, 11) is 1.81. The van der Waals surface area contributed by atoms with Crippen molar-refractivity contribution in [1.82, 2.24) is 5.32 Å². The first-order valence-electron chi connectivity index (χ1n) is 4.75. The van der Waals surface area contributed by atoms with Crippen LogP contribution in [0.1, 0.15) is 12.5 Å². The van der Waals surface area contributed by atoms with E-state index in [9.17, 15) is 5.11 Å². The molecule has 0 aliphatic heterocycles. The topological polar surface area (TPSA) is 32.3 Å². The molecule has 1 atom stereocenters. The van der Waals surface area contributed by atoms with Gasteiger partial charge in [0.2, 0.25) is 0 Å². The largest absolute Gasteiger partial charge is 0.389 e. The van der Waals surface area contributed by atoms with E-state index in [4.69, 9.17) is 23.2 Å². The number of likely N-dealkylation sites (N-methyl/N-ethyl adjacent to an activating group) is 1. The lowest BCUT2D eigenvalue weighted by Gasteiger charge is -2.23. The van der Waals surface area contributed by atoms with Crippen molar-refractivity contribution in [3.05, 3.63) is 33.8 Å². The van der Waals surface area contributed by atoms with Crippen molar-refractivity contribution in [3.63, 3.8) is 0 Å². The molecule has 0 spiro atoms. The molecule has 84 valence electrons. The van der Waals surface area contributed by atoms with Crippen LogP contribution in [0.2, 0.25) is 10.0 Å². The Bertz CT molecular complexity index is 339. The van der Waals surface area contributed by atoms with E-state index < -0.39 is 5.60 Å². The van der Waals surface area contributed by atoms with Gasteiger partial charge in [0.15, 0.2) is 0 Å². The van der Waals surface area contributed by atoms with Gasteiger partial charge in [0.1, 0.15) is 0 Å². The van der Waals surface area contributed by atoms with Crippen LogP contribution in [-0.2, 0) is 6.42 Å². The molecule has 0 amide bonds. The van der Waals surface area contributed by atoms with Crippen LogP contribution >= 0.6 is 23.2 Å². The van der Waals surface area contributed by atoms with E-state index in [1.807, 2.05) is 13.1 Å². The van der Waals surface area contributed by atoms with Crippen LogP contribution in [0.4, 0.5) is 0 Å². The molecule has 0 aliphatic carbocycles. The minimum Gasteiger partial charge on any atom is -0.389 e. The second kappa shape index (κ2) is 5.17. The van der Waals surface area contributed by atoms with Crippen molar-refractivity contribution in [1.29, 1.82) is 0 Å². The second-order valence-electron chi connectivity index (χ2n) is 3.95. The molecule has 0 heterocycles. The monoisotopic (exact) mass is 247 g/mol. The van der Waals surface area contributed by atoms with Gasteiger partial charge in [-0.15, -0.1) is 0 Å². The van der Waals surface area contributed by atoms with E-state index in [-0.39, 0.29) is 0 Å². The number of aliphatic hydroxyl groups is 1. The average Bonchev–Trinajstić information content (AvgIpc) is 2.10. The molecule has 1 aromatic carbocycles. The van der Waals surface area contributed by atoms with E-state index in [0.29, 0.717) is 23.0 Å². The lowest BCUT2D eigenvalue weighted by molar-refractivity contribution is 0.0623. The summed E-state index contributed by atoms with van der Waals surface area (Å²) in [6.45, 7) is 2.32. The van der Waals surface area contributed by atoms with Gasteiger partial charge >= 0.3 is 0 Å². The smallest absolute Gasteiger partial charge is 0.0783 e. The van der Waals surface area contributed by atoms with E-state index in [0.717, 1.165) is 5.56 Å². The van der Waals surface area contributed by atoms with Gasteiger partial charge in [-0.1, -0.05) is 29.3 Å². The van der Waals surface area contributed by atoms with E-state index in [1.165, 1.54) is 0 Å². The van der Waals surface area contributed by atoms with Gasteiger partial charge < -0.3 is 10.4 Å². The number of benzene rings is 1. The molecule has 0 fully saturated rings. The summed E-state index contributed by atoms with van der Waals surface area (Å²) in [5.41, 5.74) is 0.205. The van der Waals surface area contributed by atoms with Gasteiger partial charge in [0.05, 0.1) is 15.6 Å². The van der Waals surface area contributed by atoms with Gasteiger partial charge in [-0.25, -0.2) is 0 Å². The Kier molecular flexibility index (Phi) is 4.41. The molecule has 1 aromatic rings. The quantitative estimate of drug-likeness (QED) is 0.858. The number of hydrogen-bond acceptors (Lipinski definition) is 2. The zero-order valence-corrected chi connectivity index (χ0v) is 10.4. The van der Waals surface area contributed by atoms with Gasteiger partial charge in [-0.05, 0) is 31.7 Å². The van der Waals surface area contributed by atoms with Gasteiger partial charge in [-0.2, -0.15) is 0 Å². The second-order valence-corrected chi connectivity index (χ2v) is 4.77. The predicted octanol–water partition coefficient (Wildman–Crippen LogP) is 2.51. The highest BCUT2D eigenvalue weighted by Crippen LogP contribution is 2.24. The Labute approximate surface area is 100 Å². The third-order valence-electron chi connectivity index (χ3n) is 2.13. The molecule has 0 bridgehead atoms. The summed E-state index contributed by atoms with van der Waals surface area (Å²) in [6, 6.07) is 5.40. The fraction of sp³-hybridized carbons (Fsp3) is 0.455. The summed E-state index contributed by atoms with van der Waals surface area (Å²) in [5, 5.41) is 14.0. The van der Waals surface area contributed by atoms with Crippen LogP contribution in [0.5, 0.6) is 0 Å². The predicted molar refractivity (Wildman–Crippen MR) is 64.7 cm³/mol. The van der Waals surface area contributed by atoms with E-state index in [2.05, 4.69) is 5.32 Å². The van der Waals surface area contributed by atoms with Crippen molar-refractivity contribution >= 4 is 23.2 Å². The first-order valence-corrected chi connectivity index (χ1v) is 5.51. The molecule has 0 aliphatic rings. The fourth-order valence-corrected chi connectivity index (χ4v) is 1.85. The number of halogens is 2. The zero-order valence-electron chi connectivity index (χ0n) is 8.85. The molecule has 4 heteroatoms. The highest BCUT2D eigenvalue weighted by molar-refractivity contribution is 6.42. The van der Waals surface area contributed by atoms with Crippen LogP contribution in [0.15, 0.2) is 18.2 Å². The molecule has 0 saturated carbocycles. The summed E-state index contributed by atoms with van der Waals surface area (Å²) in [5.74, 6) is 0. The zero-order chi connectivity index (χ0) is 11.5. The number of nitrogens with one attached hydrogen (secondary N) is 1. The summed E-state index contributed by atoms with van der Waals surface area (Å²) in [4.78, 5) is 0. The lowest BCUT2D eigenvalue weighted by atomic mass is 9.96. The molecule has 1 rings (SSSR count). The minimum atomic E-state index is -0.772. The van der Waals surface area contributed by atoms with Gasteiger partial charge in [0.25, 0.3) is 0 Å². The Balaban J connectivity index is 2.76. The van der Waals surface area contributed by atoms with Crippen molar-refractivity contribution in [2.45, 2.75) is 18.9 Å². The number of rotatable bonds is 4. The minimum absolute atomic E-state index is 0.523. The first-order chi connectivity index (χ1) is 6.94. The van der Waals surface area contributed by atoms with Crippen molar-refractivity contribution in [2.24, 2.45) is 0 Å². The van der Waals surface area contributed by atoms with Crippen molar-refractivity contribution in [3.8, 4) is 0 Å². The van der Waals surface area contributed by atoms with Crippen LogP contribution in [0, 0.1) is 0 Å². The maximum absolute atomic E-state index is 9.99. The molecule has 15 heavy (non-hydrogen) atoms. The van der Waals surface area contributed by atoms with Gasteiger partial charge in [-0.3, -0.25) is 0 Å². The van der Waals surface area contributed by atoms with Gasteiger partial charge in [0, 0.05) is 13.0 Å². The van der Waals surface area contributed by atoms with Crippen LogP contribution in [0.3, 0.4) is 0 Å². The molecular formula is C11H15Cl2NO. The van der Waals surface area contributed by atoms with Crippen molar-refractivity contribution in [2.75, 3.05) is 13.6 Å². The highest BCUT2D eigenvalue weighted by Gasteiger charge is 2.19. The summed E-state index contributed by atoms with van der Waals surface area (Å²) in [6.07, 6.45) is 0.546. The van der Waals surface area contributed by atoms with Crippen LogP contribution < -0.4 is 5.32 Å². The molecule has 2 nitrogen and oxygen atoms in total. The highest BCUT2D eigenvalue weighted by atomic mass is 35.5. The average molecular weight is 248 g/mol. The Morgan fingerprint density at radius 3 is 2.53 bits per heavy atom. The fourth-order valence-electron chi connectivity index (χ4n) is 1.53. The summed E-state index contributed by atoms with van der Waals surface area (Å²) >= 11 is 11.7. The molecule has 0 aromatic heterocycles. The maximum Gasteiger partial charge on any atom is 0.0783 e. The maximum atomic E-state index is 9.99. The molecule has 0 saturated heterocycles. The number of hydrogen-bond donors (Lipinski definition) is 2. The molecule has 2 N–H and O–H groups in total. The van der Waals surface area contributed by atoms with E-state index in [1.54, 1.807) is 19.1 Å². The van der Waals surface area contributed by atoms with Crippen molar-refractivity contribution < 1.29 is 5.11 Å².